The summed E-state index contributed by atoms with van der Waals surface area (Å²) in [5.74, 6) is 0.0716. The van der Waals surface area contributed by atoms with E-state index in [1.54, 1.807) is 12.0 Å². The van der Waals surface area contributed by atoms with Gasteiger partial charge in [-0.3, -0.25) is 9.59 Å². The normalized spacial score (nSPS) is 22.7. The van der Waals surface area contributed by atoms with E-state index in [1.165, 1.54) is 5.56 Å². The van der Waals surface area contributed by atoms with Crippen LogP contribution in [0.4, 0.5) is 0 Å². The summed E-state index contributed by atoms with van der Waals surface area (Å²) in [5, 5.41) is 3.24. The Labute approximate surface area is 137 Å². The lowest BCUT2D eigenvalue weighted by molar-refractivity contribution is -0.139. The van der Waals surface area contributed by atoms with Crippen LogP contribution in [0.2, 0.25) is 0 Å². The summed E-state index contributed by atoms with van der Waals surface area (Å²) in [7, 11) is 1.62. The molecule has 1 aromatic carbocycles. The van der Waals surface area contributed by atoms with Crippen LogP contribution in [-0.4, -0.2) is 43.5 Å². The Balaban J connectivity index is 1.61. The van der Waals surface area contributed by atoms with Gasteiger partial charge in [-0.25, -0.2) is 0 Å². The number of ether oxygens (including phenoxy) is 1. The lowest BCUT2D eigenvalue weighted by Gasteiger charge is -2.32. The zero-order valence-electron chi connectivity index (χ0n) is 13.6. The molecule has 1 atom stereocenters. The molecular formula is C18H24N2O3. The number of hydrogen-bond donors (Lipinski definition) is 1. The fourth-order valence-corrected chi connectivity index (χ4v) is 3.25. The minimum atomic E-state index is -0.183. The highest BCUT2D eigenvalue weighted by molar-refractivity contribution is 5.84. The molecule has 2 fully saturated rings. The maximum atomic E-state index is 12.7. The van der Waals surface area contributed by atoms with Crippen LogP contribution in [0.15, 0.2) is 30.3 Å². The predicted molar refractivity (Wildman–Crippen MR) is 86.7 cm³/mol. The first kappa shape index (κ1) is 16.0. The molecule has 0 bridgehead atoms. The van der Waals surface area contributed by atoms with Crippen molar-refractivity contribution in [1.29, 1.82) is 0 Å². The summed E-state index contributed by atoms with van der Waals surface area (Å²) < 4.78 is 5.04. The number of amides is 2. The predicted octanol–water partition coefficient (Wildman–Crippen LogP) is 1.68. The fraction of sp³-hybridized carbons (Fsp3) is 0.556. The summed E-state index contributed by atoms with van der Waals surface area (Å²) in [6, 6.07) is 10.1. The van der Waals surface area contributed by atoms with E-state index in [1.807, 2.05) is 18.2 Å². The Bertz CT molecular complexity index is 569. The lowest BCUT2D eigenvalue weighted by atomic mass is 9.95. The molecule has 1 unspecified atom stereocenters. The first-order valence-corrected chi connectivity index (χ1v) is 8.29. The molecule has 1 aliphatic carbocycles. The van der Waals surface area contributed by atoms with E-state index in [2.05, 4.69) is 17.4 Å². The second kappa shape index (κ2) is 6.71. The summed E-state index contributed by atoms with van der Waals surface area (Å²) in [5.41, 5.74) is 0.994. The smallest absolute Gasteiger partial charge is 0.225 e. The highest BCUT2D eigenvalue weighted by Crippen LogP contribution is 2.45. The van der Waals surface area contributed by atoms with Crippen LogP contribution >= 0.6 is 0 Å². The van der Waals surface area contributed by atoms with Crippen molar-refractivity contribution in [2.45, 2.75) is 31.2 Å². The van der Waals surface area contributed by atoms with Crippen LogP contribution in [-0.2, 0) is 19.9 Å². The van der Waals surface area contributed by atoms with E-state index >= 15 is 0 Å². The van der Waals surface area contributed by atoms with Gasteiger partial charge in [0.1, 0.15) is 0 Å². The number of nitrogens with zero attached hydrogens (tertiary/aromatic N) is 1. The number of methoxy groups -OCH3 is 1. The van der Waals surface area contributed by atoms with Crippen molar-refractivity contribution >= 4 is 11.8 Å². The molecule has 1 N–H and O–H groups in total. The Kier molecular flexibility index (Phi) is 4.66. The van der Waals surface area contributed by atoms with Gasteiger partial charge in [0.2, 0.25) is 11.8 Å². The molecule has 1 aliphatic heterocycles. The minimum absolute atomic E-state index is 0.0706. The van der Waals surface area contributed by atoms with E-state index in [0.717, 1.165) is 12.8 Å². The molecule has 124 valence electrons. The van der Waals surface area contributed by atoms with Crippen molar-refractivity contribution in [2.24, 2.45) is 5.92 Å². The van der Waals surface area contributed by atoms with Crippen molar-refractivity contribution in [1.82, 2.24) is 10.2 Å². The molecule has 0 spiro atoms. The number of nitrogens with one attached hydrogen (secondary N) is 1. The molecule has 1 aromatic rings. The first-order valence-electron chi connectivity index (χ1n) is 8.29. The van der Waals surface area contributed by atoms with E-state index in [9.17, 15) is 9.59 Å². The SMILES string of the molecule is COCCN1CC(C(=O)NC2(c3ccccc3)CC2)CCC1=O. The van der Waals surface area contributed by atoms with Crippen LogP contribution in [0.25, 0.3) is 0 Å². The Hall–Kier alpha value is -1.88. The summed E-state index contributed by atoms with van der Waals surface area (Å²) in [6.45, 7) is 1.57. The average Bonchev–Trinajstić information content (AvgIpc) is 3.35. The maximum absolute atomic E-state index is 12.7. The zero-order chi connectivity index (χ0) is 16.3. The number of hydrogen-bond acceptors (Lipinski definition) is 3. The lowest BCUT2D eigenvalue weighted by Crippen LogP contribution is -2.48. The number of carbonyl (C=O) groups is 2. The van der Waals surface area contributed by atoms with Gasteiger partial charge in [0.05, 0.1) is 18.1 Å². The number of likely N-dealkylation sites (tertiary alicyclic amines) is 1. The van der Waals surface area contributed by atoms with Crippen LogP contribution in [0.1, 0.15) is 31.2 Å². The van der Waals surface area contributed by atoms with E-state index in [-0.39, 0.29) is 23.3 Å². The first-order chi connectivity index (χ1) is 11.1. The number of carbonyl (C=O) groups excluding carboxylic acids is 2. The van der Waals surface area contributed by atoms with Crippen LogP contribution in [0.3, 0.4) is 0 Å². The van der Waals surface area contributed by atoms with Gasteiger partial charge < -0.3 is 15.0 Å². The second-order valence-corrected chi connectivity index (χ2v) is 6.51. The van der Waals surface area contributed by atoms with Gasteiger partial charge in [0.25, 0.3) is 0 Å². The Morgan fingerprint density at radius 1 is 1.35 bits per heavy atom. The van der Waals surface area contributed by atoms with Gasteiger partial charge in [-0.05, 0) is 24.8 Å². The molecule has 1 heterocycles. The third-order valence-corrected chi connectivity index (χ3v) is 4.88. The molecule has 1 saturated carbocycles. The molecule has 0 aromatic heterocycles. The van der Waals surface area contributed by atoms with E-state index in [0.29, 0.717) is 32.5 Å². The molecule has 2 aliphatic rings. The van der Waals surface area contributed by atoms with E-state index in [4.69, 9.17) is 4.74 Å². The molecule has 5 nitrogen and oxygen atoms in total. The largest absolute Gasteiger partial charge is 0.383 e. The van der Waals surface area contributed by atoms with Crippen molar-refractivity contribution in [2.75, 3.05) is 26.8 Å². The maximum Gasteiger partial charge on any atom is 0.225 e. The molecule has 23 heavy (non-hydrogen) atoms. The molecular weight excluding hydrogens is 292 g/mol. The number of piperidine rings is 1. The molecule has 2 amide bonds. The van der Waals surface area contributed by atoms with E-state index < -0.39 is 0 Å². The zero-order valence-corrected chi connectivity index (χ0v) is 13.6. The van der Waals surface area contributed by atoms with Gasteiger partial charge in [-0.2, -0.15) is 0 Å². The average molecular weight is 316 g/mol. The van der Waals surface area contributed by atoms with Gasteiger partial charge in [0.15, 0.2) is 0 Å². The second-order valence-electron chi connectivity index (χ2n) is 6.51. The minimum Gasteiger partial charge on any atom is -0.383 e. The number of benzene rings is 1. The fourth-order valence-electron chi connectivity index (χ4n) is 3.25. The van der Waals surface area contributed by atoms with Crippen molar-refractivity contribution in [3.63, 3.8) is 0 Å². The molecule has 3 rings (SSSR count). The van der Waals surface area contributed by atoms with Crippen LogP contribution < -0.4 is 5.32 Å². The van der Waals surface area contributed by atoms with Crippen LogP contribution in [0, 0.1) is 5.92 Å². The summed E-state index contributed by atoms with van der Waals surface area (Å²) >= 11 is 0. The Morgan fingerprint density at radius 3 is 2.74 bits per heavy atom. The van der Waals surface area contributed by atoms with Gasteiger partial charge in [0, 0.05) is 26.6 Å². The molecule has 0 radical (unpaired) electrons. The summed E-state index contributed by atoms with van der Waals surface area (Å²) in [4.78, 5) is 26.3. The number of rotatable bonds is 6. The summed E-state index contributed by atoms with van der Waals surface area (Å²) in [6.07, 6.45) is 3.06. The molecule has 5 heteroatoms. The topological polar surface area (TPSA) is 58.6 Å². The van der Waals surface area contributed by atoms with Crippen molar-refractivity contribution in [3.8, 4) is 0 Å². The molecule has 1 saturated heterocycles. The highest BCUT2D eigenvalue weighted by atomic mass is 16.5. The third-order valence-electron chi connectivity index (χ3n) is 4.88. The van der Waals surface area contributed by atoms with Gasteiger partial charge in [-0.15, -0.1) is 0 Å². The standard InChI is InChI=1S/C18H24N2O3/c1-23-12-11-20-13-14(7-8-16(20)21)17(22)19-18(9-10-18)15-5-3-2-4-6-15/h2-6,14H,7-13H2,1H3,(H,19,22). The Morgan fingerprint density at radius 2 is 2.09 bits per heavy atom. The van der Waals surface area contributed by atoms with Crippen molar-refractivity contribution in [3.05, 3.63) is 35.9 Å². The quantitative estimate of drug-likeness (QED) is 0.868. The van der Waals surface area contributed by atoms with Gasteiger partial charge >= 0.3 is 0 Å². The van der Waals surface area contributed by atoms with Gasteiger partial charge in [-0.1, -0.05) is 30.3 Å². The van der Waals surface area contributed by atoms with Crippen LogP contribution in [0.5, 0.6) is 0 Å². The monoisotopic (exact) mass is 316 g/mol. The third kappa shape index (κ3) is 3.55. The van der Waals surface area contributed by atoms with Crippen molar-refractivity contribution < 1.29 is 14.3 Å². The highest BCUT2D eigenvalue weighted by Gasteiger charge is 2.46.